The van der Waals surface area contributed by atoms with Gasteiger partial charge in [0.25, 0.3) is 5.91 Å². The molecule has 0 saturated carbocycles. The highest BCUT2D eigenvalue weighted by molar-refractivity contribution is 6.33. The first kappa shape index (κ1) is 17.2. The second kappa shape index (κ2) is 5.99. The van der Waals surface area contributed by atoms with Crippen molar-refractivity contribution in [2.24, 2.45) is 0 Å². The zero-order valence-corrected chi connectivity index (χ0v) is 13.3. The summed E-state index contributed by atoms with van der Waals surface area (Å²) in [5.41, 5.74) is -0.363. The molecule has 3 rings (SSSR count). The van der Waals surface area contributed by atoms with Crippen LogP contribution in [-0.4, -0.2) is 20.3 Å². The highest BCUT2D eigenvalue weighted by Crippen LogP contribution is 2.32. The average molecular weight is 373 g/mol. The molecule has 0 fully saturated rings. The Bertz CT molecular complexity index is 984. The Hall–Kier alpha value is -2.68. The van der Waals surface area contributed by atoms with Gasteiger partial charge >= 0.3 is 6.18 Å². The van der Waals surface area contributed by atoms with Crippen LogP contribution in [0.5, 0.6) is 0 Å². The summed E-state index contributed by atoms with van der Waals surface area (Å²) >= 11 is 5.76. The Labute approximate surface area is 143 Å². The second-order valence-electron chi connectivity index (χ2n) is 5.13. The molecule has 0 saturated heterocycles. The first-order valence-electron chi connectivity index (χ1n) is 6.85. The number of aryl methyl sites for hydroxylation is 1. The summed E-state index contributed by atoms with van der Waals surface area (Å²) in [5, 5.41) is 1.94. The predicted octanol–water partition coefficient (Wildman–Crippen LogP) is 4.10. The summed E-state index contributed by atoms with van der Waals surface area (Å²) in [6.07, 6.45) is -2.97. The Morgan fingerprint density at radius 3 is 2.68 bits per heavy atom. The van der Waals surface area contributed by atoms with Gasteiger partial charge in [-0.05, 0) is 25.1 Å². The third-order valence-corrected chi connectivity index (χ3v) is 3.66. The SMILES string of the molecule is Cc1nc2ccc(F)cn2c1C(=O)Nc1ncc(C(F)(F)F)cc1Cl. The number of halogens is 5. The van der Waals surface area contributed by atoms with Crippen LogP contribution in [0.25, 0.3) is 5.65 Å². The highest BCUT2D eigenvalue weighted by atomic mass is 35.5. The van der Waals surface area contributed by atoms with Crippen LogP contribution in [-0.2, 0) is 6.18 Å². The molecule has 0 aliphatic rings. The van der Waals surface area contributed by atoms with Crippen LogP contribution < -0.4 is 5.32 Å². The number of nitrogens with zero attached hydrogens (tertiary/aromatic N) is 3. The van der Waals surface area contributed by atoms with Gasteiger partial charge in [-0.3, -0.25) is 9.20 Å². The van der Waals surface area contributed by atoms with E-state index in [1.807, 2.05) is 0 Å². The number of carbonyl (C=O) groups is 1. The summed E-state index contributed by atoms with van der Waals surface area (Å²) in [5.74, 6) is -1.56. The van der Waals surface area contributed by atoms with Gasteiger partial charge in [0, 0.05) is 12.4 Å². The predicted molar refractivity (Wildman–Crippen MR) is 82.1 cm³/mol. The van der Waals surface area contributed by atoms with Crippen molar-refractivity contribution in [2.45, 2.75) is 13.1 Å². The first-order valence-corrected chi connectivity index (χ1v) is 7.23. The fourth-order valence-corrected chi connectivity index (χ4v) is 2.48. The topological polar surface area (TPSA) is 59.3 Å². The summed E-state index contributed by atoms with van der Waals surface area (Å²) in [6.45, 7) is 1.54. The number of nitrogens with one attached hydrogen (secondary N) is 1. The molecule has 1 amide bonds. The maximum absolute atomic E-state index is 13.4. The van der Waals surface area contributed by atoms with E-state index in [2.05, 4.69) is 15.3 Å². The molecule has 10 heteroatoms. The normalized spacial score (nSPS) is 11.8. The Morgan fingerprint density at radius 1 is 1.32 bits per heavy atom. The minimum Gasteiger partial charge on any atom is -0.304 e. The molecule has 0 aliphatic carbocycles. The number of carbonyl (C=O) groups excluding carboxylic acids is 1. The zero-order valence-electron chi connectivity index (χ0n) is 12.5. The number of amides is 1. The van der Waals surface area contributed by atoms with Gasteiger partial charge in [-0.25, -0.2) is 14.4 Å². The Balaban J connectivity index is 1.96. The molecule has 0 radical (unpaired) electrons. The standard InChI is InChI=1S/C15H9ClF4N4O/c1-7-12(24-6-9(17)2-3-11(24)22-7)14(25)23-13-10(16)4-8(5-21-13)15(18,19)20/h2-6H,1H3,(H,21,23,25). The molecule has 5 nitrogen and oxygen atoms in total. The van der Waals surface area contributed by atoms with E-state index in [0.717, 1.165) is 6.20 Å². The minimum absolute atomic E-state index is 0.0206. The fraction of sp³-hybridized carbons (Fsp3) is 0.133. The minimum atomic E-state index is -4.60. The number of hydrogen-bond donors (Lipinski definition) is 1. The average Bonchev–Trinajstić information content (AvgIpc) is 2.83. The van der Waals surface area contributed by atoms with Crippen LogP contribution in [0.15, 0.2) is 30.6 Å². The maximum atomic E-state index is 13.4. The number of rotatable bonds is 2. The number of anilines is 1. The lowest BCUT2D eigenvalue weighted by atomic mass is 10.2. The molecule has 0 spiro atoms. The van der Waals surface area contributed by atoms with Crippen molar-refractivity contribution in [3.8, 4) is 0 Å². The monoisotopic (exact) mass is 372 g/mol. The summed E-state index contributed by atoms with van der Waals surface area (Å²) < 4.78 is 52.5. The molecule has 3 aromatic rings. The van der Waals surface area contributed by atoms with Crippen molar-refractivity contribution in [3.63, 3.8) is 0 Å². The fourth-order valence-electron chi connectivity index (χ4n) is 2.26. The van der Waals surface area contributed by atoms with Gasteiger partial charge in [0.1, 0.15) is 17.2 Å². The molecule has 0 unspecified atom stereocenters. The van der Waals surface area contributed by atoms with Gasteiger partial charge in [0.15, 0.2) is 5.82 Å². The van der Waals surface area contributed by atoms with E-state index in [4.69, 9.17) is 11.6 Å². The lowest BCUT2D eigenvalue weighted by Crippen LogP contribution is -2.17. The first-order chi connectivity index (χ1) is 11.7. The van der Waals surface area contributed by atoms with Crippen molar-refractivity contribution >= 4 is 29.0 Å². The third kappa shape index (κ3) is 3.27. The zero-order chi connectivity index (χ0) is 18.4. The highest BCUT2D eigenvalue weighted by Gasteiger charge is 2.32. The van der Waals surface area contributed by atoms with E-state index in [-0.39, 0.29) is 16.5 Å². The molecular weight excluding hydrogens is 364 g/mol. The van der Waals surface area contributed by atoms with E-state index in [1.54, 1.807) is 6.92 Å². The van der Waals surface area contributed by atoms with Crippen LogP contribution in [0, 0.1) is 12.7 Å². The lowest BCUT2D eigenvalue weighted by molar-refractivity contribution is -0.137. The van der Waals surface area contributed by atoms with Crippen LogP contribution in [0.2, 0.25) is 5.02 Å². The smallest absolute Gasteiger partial charge is 0.304 e. The quantitative estimate of drug-likeness (QED) is 0.689. The van der Waals surface area contributed by atoms with Crippen molar-refractivity contribution in [2.75, 3.05) is 5.32 Å². The van der Waals surface area contributed by atoms with Crippen LogP contribution in [0.1, 0.15) is 21.7 Å². The second-order valence-corrected chi connectivity index (χ2v) is 5.53. The van der Waals surface area contributed by atoms with Gasteiger partial charge in [-0.2, -0.15) is 13.2 Å². The van der Waals surface area contributed by atoms with Crippen molar-refractivity contribution in [3.05, 3.63) is 58.4 Å². The van der Waals surface area contributed by atoms with E-state index >= 15 is 0 Å². The molecule has 0 aliphatic heterocycles. The van der Waals surface area contributed by atoms with E-state index in [9.17, 15) is 22.4 Å². The number of alkyl halides is 3. The van der Waals surface area contributed by atoms with Crippen molar-refractivity contribution in [1.29, 1.82) is 0 Å². The summed E-state index contributed by atoms with van der Waals surface area (Å²) in [7, 11) is 0. The molecular formula is C15H9ClF4N4O. The van der Waals surface area contributed by atoms with Gasteiger partial charge in [0.05, 0.1) is 16.3 Å². The van der Waals surface area contributed by atoms with Gasteiger partial charge in [0.2, 0.25) is 0 Å². The number of hydrogen-bond acceptors (Lipinski definition) is 3. The molecule has 130 valence electrons. The van der Waals surface area contributed by atoms with Crippen LogP contribution in [0.4, 0.5) is 23.4 Å². The molecule has 1 N–H and O–H groups in total. The number of aromatic nitrogens is 3. The summed E-state index contributed by atoms with van der Waals surface area (Å²) in [6, 6.07) is 3.24. The lowest BCUT2D eigenvalue weighted by Gasteiger charge is -2.10. The van der Waals surface area contributed by atoms with Crippen LogP contribution >= 0.6 is 11.6 Å². The Morgan fingerprint density at radius 2 is 2.04 bits per heavy atom. The van der Waals surface area contributed by atoms with Crippen molar-refractivity contribution < 1.29 is 22.4 Å². The van der Waals surface area contributed by atoms with E-state index in [1.165, 1.54) is 16.5 Å². The van der Waals surface area contributed by atoms with Gasteiger partial charge in [-0.15, -0.1) is 0 Å². The molecule has 3 heterocycles. The molecule has 0 bridgehead atoms. The van der Waals surface area contributed by atoms with Gasteiger partial charge < -0.3 is 5.32 Å². The largest absolute Gasteiger partial charge is 0.417 e. The number of fused-ring (bicyclic) bond motifs is 1. The van der Waals surface area contributed by atoms with Crippen molar-refractivity contribution in [1.82, 2.24) is 14.4 Å². The molecule has 0 aromatic carbocycles. The third-order valence-electron chi connectivity index (χ3n) is 3.37. The van der Waals surface area contributed by atoms with E-state index in [0.29, 0.717) is 23.6 Å². The molecule has 0 atom stereocenters. The molecule has 25 heavy (non-hydrogen) atoms. The number of pyridine rings is 2. The van der Waals surface area contributed by atoms with Crippen LogP contribution in [0.3, 0.4) is 0 Å². The Kier molecular flexibility index (Phi) is 4.11. The molecule has 3 aromatic heterocycles. The summed E-state index contributed by atoms with van der Waals surface area (Å²) in [4.78, 5) is 20.1. The number of imidazole rings is 1. The maximum Gasteiger partial charge on any atom is 0.417 e. The van der Waals surface area contributed by atoms with E-state index < -0.39 is 23.5 Å². The van der Waals surface area contributed by atoms with Gasteiger partial charge in [-0.1, -0.05) is 11.6 Å².